The van der Waals surface area contributed by atoms with Crippen LogP contribution in [-0.2, 0) is 16.0 Å². The van der Waals surface area contributed by atoms with E-state index in [-0.39, 0.29) is 12.0 Å². The molecule has 1 N–H and O–H groups in total. The van der Waals surface area contributed by atoms with E-state index in [9.17, 15) is 9.59 Å². The van der Waals surface area contributed by atoms with Crippen molar-refractivity contribution in [1.82, 2.24) is 10.2 Å². The van der Waals surface area contributed by atoms with Crippen LogP contribution in [0.4, 0.5) is 4.79 Å². The van der Waals surface area contributed by atoms with Crippen molar-refractivity contribution in [1.29, 1.82) is 0 Å². The smallest absolute Gasteiger partial charge is 0.409 e. The van der Waals surface area contributed by atoms with Crippen molar-refractivity contribution in [2.45, 2.75) is 26.2 Å². The second kappa shape index (κ2) is 7.67. The summed E-state index contributed by atoms with van der Waals surface area (Å²) >= 11 is 0. The molecule has 0 saturated carbocycles. The van der Waals surface area contributed by atoms with Crippen molar-refractivity contribution in [3.8, 4) is 0 Å². The summed E-state index contributed by atoms with van der Waals surface area (Å²) < 4.78 is 4.84. The van der Waals surface area contributed by atoms with Gasteiger partial charge in [0.15, 0.2) is 0 Å². The maximum absolute atomic E-state index is 11.7. The fourth-order valence-corrected chi connectivity index (χ4v) is 2.23. The van der Waals surface area contributed by atoms with Gasteiger partial charge in [-0.25, -0.2) is 4.79 Å². The number of nitrogens with zero attached hydrogens (tertiary/aromatic N) is 1. The quantitative estimate of drug-likeness (QED) is 0.780. The summed E-state index contributed by atoms with van der Waals surface area (Å²) in [5.74, 6) is 0.0552. The minimum atomic E-state index is -0.249. The molecular weight excluding hydrogens is 268 g/mol. The van der Waals surface area contributed by atoms with Gasteiger partial charge in [0.2, 0.25) is 5.91 Å². The van der Waals surface area contributed by atoms with E-state index in [0.717, 1.165) is 12.8 Å². The summed E-state index contributed by atoms with van der Waals surface area (Å²) in [6.07, 6.45) is 1.76. The topological polar surface area (TPSA) is 58.6 Å². The molecule has 2 rings (SSSR count). The Hall–Kier alpha value is -2.04. The number of carbonyl (C=O) groups excluding carboxylic acids is 2. The normalized spacial score (nSPS) is 14.1. The molecule has 5 nitrogen and oxygen atoms in total. The van der Waals surface area contributed by atoms with Gasteiger partial charge >= 0.3 is 6.09 Å². The van der Waals surface area contributed by atoms with Crippen molar-refractivity contribution in [3.63, 3.8) is 0 Å². The number of nitrogens with one attached hydrogen (secondary N) is 1. The standard InChI is InChI=1S/C16H22N2O3/c1-13-3-5-14(6-4-13)7-8-15(19)17-9-2-10-18-11-12-21-16(18)20/h3-6H,2,7-12H2,1H3,(H,17,19). The Labute approximate surface area is 125 Å². The molecule has 0 aliphatic carbocycles. The highest BCUT2D eigenvalue weighted by Gasteiger charge is 2.20. The molecule has 0 spiro atoms. The largest absolute Gasteiger partial charge is 0.448 e. The minimum Gasteiger partial charge on any atom is -0.448 e. The molecular formula is C16H22N2O3. The molecule has 5 heteroatoms. The molecule has 0 unspecified atom stereocenters. The van der Waals surface area contributed by atoms with Crippen LogP contribution in [0, 0.1) is 6.92 Å². The molecule has 1 heterocycles. The number of amides is 2. The van der Waals surface area contributed by atoms with Crippen molar-refractivity contribution >= 4 is 12.0 Å². The van der Waals surface area contributed by atoms with E-state index in [1.54, 1.807) is 4.90 Å². The number of benzene rings is 1. The number of rotatable bonds is 7. The minimum absolute atomic E-state index is 0.0552. The number of aryl methyl sites for hydroxylation is 2. The molecule has 1 aromatic carbocycles. The fraction of sp³-hybridized carbons (Fsp3) is 0.500. The van der Waals surface area contributed by atoms with Crippen LogP contribution >= 0.6 is 0 Å². The summed E-state index contributed by atoms with van der Waals surface area (Å²) in [4.78, 5) is 24.6. The van der Waals surface area contributed by atoms with E-state index in [0.29, 0.717) is 32.7 Å². The first-order chi connectivity index (χ1) is 10.1. The van der Waals surface area contributed by atoms with Gasteiger partial charge in [-0.1, -0.05) is 29.8 Å². The third kappa shape index (κ3) is 5.10. The van der Waals surface area contributed by atoms with E-state index in [2.05, 4.69) is 29.6 Å². The van der Waals surface area contributed by atoms with Crippen LogP contribution in [-0.4, -0.2) is 43.1 Å². The lowest BCUT2D eigenvalue weighted by Gasteiger charge is -2.12. The molecule has 1 aliphatic heterocycles. The highest BCUT2D eigenvalue weighted by Crippen LogP contribution is 2.06. The Morgan fingerprint density at radius 3 is 2.76 bits per heavy atom. The van der Waals surface area contributed by atoms with E-state index in [1.807, 2.05) is 6.92 Å². The molecule has 0 aromatic heterocycles. The van der Waals surface area contributed by atoms with Gasteiger partial charge in [0.05, 0.1) is 6.54 Å². The molecule has 1 aliphatic rings. The maximum atomic E-state index is 11.7. The Bertz CT molecular complexity index is 485. The molecule has 21 heavy (non-hydrogen) atoms. The van der Waals surface area contributed by atoms with Gasteiger partial charge in [-0.3, -0.25) is 4.79 Å². The summed E-state index contributed by atoms with van der Waals surface area (Å²) in [6, 6.07) is 8.23. The summed E-state index contributed by atoms with van der Waals surface area (Å²) in [5.41, 5.74) is 2.40. The number of ether oxygens (including phenoxy) is 1. The van der Waals surface area contributed by atoms with E-state index >= 15 is 0 Å². The number of hydrogen-bond acceptors (Lipinski definition) is 3. The van der Waals surface area contributed by atoms with Crippen molar-refractivity contribution in [2.24, 2.45) is 0 Å². The second-order valence-electron chi connectivity index (χ2n) is 5.29. The van der Waals surface area contributed by atoms with Crippen molar-refractivity contribution < 1.29 is 14.3 Å². The van der Waals surface area contributed by atoms with Crippen LogP contribution < -0.4 is 5.32 Å². The van der Waals surface area contributed by atoms with E-state index in [4.69, 9.17) is 4.74 Å². The number of cyclic esters (lactones) is 1. The average Bonchev–Trinajstić information content (AvgIpc) is 2.88. The molecule has 0 radical (unpaired) electrons. The predicted octanol–water partition coefficient (Wildman–Crippen LogP) is 1.89. The summed E-state index contributed by atoms with van der Waals surface area (Å²) in [6.45, 7) is 4.40. The van der Waals surface area contributed by atoms with Gasteiger partial charge in [-0.2, -0.15) is 0 Å². The molecule has 0 atom stereocenters. The van der Waals surface area contributed by atoms with Crippen LogP contribution in [0.3, 0.4) is 0 Å². The van der Waals surface area contributed by atoms with Crippen LogP contribution in [0.2, 0.25) is 0 Å². The van der Waals surface area contributed by atoms with Gasteiger partial charge < -0.3 is 15.0 Å². The second-order valence-corrected chi connectivity index (χ2v) is 5.29. The van der Waals surface area contributed by atoms with Gasteiger partial charge in [-0.05, 0) is 25.3 Å². The van der Waals surface area contributed by atoms with Crippen LogP contribution in [0.25, 0.3) is 0 Å². The Balaban J connectivity index is 1.57. The molecule has 2 amide bonds. The maximum Gasteiger partial charge on any atom is 0.409 e. The Morgan fingerprint density at radius 2 is 2.10 bits per heavy atom. The third-order valence-electron chi connectivity index (χ3n) is 3.53. The highest BCUT2D eigenvalue weighted by molar-refractivity contribution is 5.76. The number of hydrogen-bond donors (Lipinski definition) is 1. The van der Waals surface area contributed by atoms with Gasteiger partial charge in [0.1, 0.15) is 6.61 Å². The molecule has 114 valence electrons. The monoisotopic (exact) mass is 290 g/mol. The number of carbonyl (C=O) groups is 2. The molecule has 1 fully saturated rings. The fourth-order valence-electron chi connectivity index (χ4n) is 2.23. The van der Waals surface area contributed by atoms with Crippen LogP contribution in [0.1, 0.15) is 24.0 Å². The molecule has 1 aromatic rings. The van der Waals surface area contributed by atoms with Gasteiger partial charge in [0, 0.05) is 19.5 Å². The van der Waals surface area contributed by atoms with Crippen molar-refractivity contribution in [3.05, 3.63) is 35.4 Å². The lowest BCUT2D eigenvalue weighted by molar-refractivity contribution is -0.121. The molecule has 0 bridgehead atoms. The average molecular weight is 290 g/mol. The summed E-state index contributed by atoms with van der Waals surface area (Å²) in [5, 5.41) is 2.89. The van der Waals surface area contributed by atoms with Crippen molar-refractivity contribution in [2.75, 3.05) is 26.2 Å². The first-order valence-corrected chi connectivity index (χ1v) is 7.39. The molecule has 1 saturated heterocycles. The van der Waals surface area contributed by atoms with E-state index < -0.39 is 0 Å². The first kappa shape index (κ1) is 15.4. The Morgan fingerprint density at radius 1 is 1.33 bits per heavy atom. The zero-order valence-corrected chi connectivity index (χ0v) is 12.4. The third-order valence-corrected chi connectivity index (χ3v) is 3.53. The van der Waals surface area contributed by atoms with Crippen LogP contribution in [0.15, 0.2) is 24.3 Å². The highest BCUT2D eigenvalue weighted by atomic mass is 16.6. The lowest BCUT2D eigenvalue weighted by Crippen LogP contribution is -2.30. The van der Waals surface area contributed by atoms with Crippen LogP contribution in [0.5, 0.6) is 0 Å². The van der Waals surface area contributed by atoms with Gasteiger partial charge in [-0.15, -0.1) is 0 Å². The zero-order valence-electron chi connectivity index (χ0n) is 12.4. The lowest BCUT2D eigenvalue weighted by atomic mass is 10.1. The zero-order chi connectivity index (χ0) is 15.1. The first-order valence-electron chi connectivity index (χ1n) is 7.39. The Kier molecular flexibility index (Phi) is 5.60. The predicted molar refractivity (Wildman–Crippen MR) is 80.0 cm³/mol. The van der Waals surface area contributed by atoms with E-state index in [1.165, 1.54) is 11.1 Å². The van der Waals surface area contributed by atoms with Gasteiger partial charge in [0.25, 0.3) is 0 Å². The SMILES string of the molecule is Cc1ccc(CCC(=O)NCCCN2CCOC2=O)cc1. The summed E-state index contributed by atoms with van der Waals surface area (Å²) in [7, 11) is 0.